The van der Waals surface area contributed by atoms with Crippen LogP contribution in [0, 0.1) is 6.92 Å². The summed E-state index contributed by atoms with van der Waals surface area (Å²) in [5.41, 5.74) is 2.55. The van der Waals surface area contributed by atoms with E-state index in [1.807, 2.05) is 36.9 Å². The molecule has 2 fully saturated rings. The van der Waals surface area contributed by atoms with Crippen LogP contribution in [-0.2, 0) is 4.79 Å². The molecule has 2 heterocycles. The van der Waals surface area contributed by atoms with Gasteiger partial charge in [-0.2, -0.15) is 0 Å². The summed E-state index contributed by atoms with van der Waals surface area (Å²) in [6.45, 7) is 9.41. The zero-order valence-corrected chi connectivity index (χ0v) is 16.2. The predicted molar refractivity (Wildman–Crippen MR) is 102 cm³/mol. The van der Waals surface area contributed by atoms with Crippen LogP contribution in [-0.4, -0.2) is 52.8 Å². The van der Waals surface area contributed by atoms with Gasteiger partial charge in [0.1, 0.15) is 6.04 Å². The van der Waals surface area contributed by atoms with Gasteiger partial charge in [0.15, 0.2) is 0 Å². The van der Waals surface area contributed by atoms with E-state index in [9.17, 15) is 9.59 Å². The van der Waals surface area contributed by atoms with Crippen LogP contribution in [0.5, 0.6) is 0 Å². The Hall–Kier alpha value is -1.75. The Morgan fingerprint density at radius 3 is 2.72 bits per heavy atom. The third-order valence-corrected chi connectivity index (χ3v) is 5.00. The third-order valence-electron chi connectivity index (χ3n) is 5.00. The van der Waals surface area contributed by atoms with Crippen LogP contribution in [0.15, 0.2) is 18.2 Å². The monoisotopic (exact) mass is 365 g/mol. The summed E-state index contributed by atoms with van der Waals surface area (Å²) in [5, 5.41) is 3.35. The van der Waals surface area contributed by atoms with Crippen LogP contribution in [0.4, 0.5) is 5.69 Å². The zero-order chi connectivity index (χ0) is 17.4. The minimum absolute atomic E-state index is 0. The van der Waals surface area contributed by atoms with Gasteiger partial charge >= 0.3 is 0 Å². The Morgan fingerprint density at radius 1 is 1.32 bits per heavy atom. The molecular formula is C19H28ClN3O2. The van der Waals surface area contributed by atoms with Crippen molar-refractivity contribution >= 4 is 29.9 Å². The summed E-state index contributed by atoms with van der Waals surface area (Å²) >= 11 is 0. The summed E-state index contributed by atoms with van der Waals surface area (Å²) in [7, 11) is 0. The molecule has 0 radical (unpaired) electrons. The first-order valence-electron chi connectivity index (χ1n) is 8.87. The van der Waals surface area contributed by atoms with Gasteiger partial charge < -0.3 is 15.1 Å². The first-order chi connectivity index (χ1) is 11.4. The first kappa shape index (κ1) is 19.6. The molecule has 0 aliphatic carbocycles. The van der Waals surface area contributed by atoms with Crippen LogP contribution in [0.3, 0.4) is 0 Å². The maximum atomic E-state index is 13.2. The van der Waals surface area contributed by atoms with E-state index in [1.54, 1.807) is 4.90 Å². The highest BCUT2D eigenvalue weighted by Crippen LogP contribution is 2.28. The van der Waals surface area contributed by atoms with Crippen molar-refractivity contribution in [3.8, 4) is 0 Å². The number of hydrogen-bond acceptors (Lipinski definition) is 3. The van der Waals surface area contributed by atoms with Gasteiger partial charge in [0.2, 0.25) is 5.91 Å². The van der Waals surface area contributed by atoms with Crippen LogP contribution in [0.1, 0.15) is 49.5 Å². The van der Waals surface area contributed by atoms with Crippen molar-refractivity contribution in [1.29, 1.82) is 0 Å². The molecule has 2 aliphatic heterocycles. The van der Waals surface area contributed by atoms with Crippen molar-refractivity contribution in [1.82, 2.24) is 9.80 Å². The standard InChI is InChI=1S/C19H27N3O2.ClH/c1-12(2)20-17-8-7-13(3)10-16(17)19(24)22-11-15-6-5-9-21(15)18(23)14(22)4;/h7-8,10,12,14-15,20H,5-6,9,11H2,1-4H3;1H/t14-,15-;/m0./s1. The Kier molecular flexibility index (Phi) is 5.99. The largest absolute Gasteiger partial charge is 0.382 e. The number of piperazine rings is 1. The molecule has 2 atom stereocenters. The van der Waals surface area contributed by atoms with E-state index in [1.165, 1.54) is 0 Å². The number of hydrogen-bond donors (Lipinski definition) is 1. The number of amides is 2. The molecule has 0 unspecified atom stereocenters. The summed E-state index contributed by atoms with van der Waals surface area (Å²) < 4.78 is 0. The van der Waals surface area contributed by atoms with Crippen LogP contribution < -0.4 is 5.32 Å². The molecule has 25 heavy (non-hydrogen) atoms. The average Bonchev–Trinajstić information content (AvgIpc) is 3.00. The van der Waals surface area contributed by atoms with Gasteiger partial charge in [0, 0.05) is 30.9 Å². The minimum atomic E-state index is -0.390. The second-order valence-electron chi connectivity index (χ2n) is 7.31. The molecule has 0 spiro atoms. The quantitative estimate of drug-likeness (QED) is 0.895. The first-order valence-corrected chi connectivity index (χ1v) is 8.87. The van der Waals surface area contributed by atoms with Crippen LogP contribution >= 0.6 is 12.4 Å². The second-order valence-corrected chi connectivity index (χ2v) is 7.31. The van der Waals surface area contributed by atoms with Gasteiger partial charge in [0.05, 0.1) is 5.56 Å². The van der Waals surface area contributed by atoms with E-state index < -0.39 is 0 Å². The van der Waals surface area contributed by atoms with Crippen LogP contribution in [0.25, 0.3) is 0 Å². The molecule has 0 bridgehead atoms. The second kappa shape index (κ2) is 7.65. The number of carbonyl (C=O) groups is 2. The maximum Gasteiger partial charge on any atom is 0.256 e. The number of halogens is 1. The lowest BCUT2D eigenvalue weighted by Crippen LogP contribution is -2.60. The lowest BCUT2D eigenvalue weighted by molar-refractivity contribution is -0.141. The molecule has 2 saturated heterocycles. The normalized spacial score (nSPS) is 22.7. The Bertz CT molecular complexity index is 662. The Balaban J connectivity index is 0.00000225. The summed E-state index contributed by atoms with van der Waals surface area (Å²) in [4.78, 5) is 29.5. The average molecular weight is 366 g/mol. The zero-order valence-electron chi connectivity index (χ0n) is 15.4. The van der Waals surface area contributed by atoms with E-state index in [4.69, 9.17) is 0 Å². The topological polar surface area (TPSA) is 52.7 Å². The number of fused-ring (bicyclic) bond motifs is 1. The molecule has 1 N–H and O–H groups in total. The fraction of sp³-hybridized carbons (Fsp3) is 0.579. The van der Waals surface area contributed by atoms with Crippen LogP contribution in [0.2, 0.25) is 0 Å². The molecule has 3 rings (SSSR count). The molecule has 1 aromatic carbocycles. The number of nitrogens with one attached hydrogen (secondary N) is 1. The highest BCUT2D eigenvalue weighted by molar-refractivity contribution is 6.02. The molecule has 2 amide bonds. The number of anilines is 1. The number of nitrogens with zero attached hydrogens (tertiary/aromatic N) is 2. The van der Waals surface area contributed by atoms with Crippen molar-refractivity contribution in [2.45, 2.75) is 58.7 Å². The van der Waals surface area contributed by atoms with Crippen molar-refractivity contribution in [3.63, 3.8) is 0 Å². The molecule has 0 aromatic heterocycles. The lowest BCUT2D eigenvalue weighted by atomic mass is 10.0. The van der Waals surface area contributed by atoms with E-state index in [0.717, 1.165) is 30.6 Å². The van der Waals surface area contributed by atoms with Gasteiger partial charge in [-0.25, -0.2) is 0 Å². The van der Waals surface area contributed by atoms with Crippen molar-refractivity contribution in [2.75, 3.05) is 18.4 Å². The molecular weight excluding hydrogens is 338 g/mol. The molecule has 0 saturated carbocycles. The van der Waals surface area contributed by atoms with E-state index in [0.29, 0.717) is 12.1 Å². The van der Waals surface area contributed by atoms with Crippen molar-refractivity contribution < 1.29 is 9.59 Å². The Morgan fingerprint density at radius 2 is 2.04 bits per heavy atom. The van der Waals surface area contributed by atoms with Gasteiger partial charge in [0.25, 0.3) is 5.91 Å². The highest BCUT2D eigenvalue weighted by atomic mass is 35.5. The summed E-state index contributed by atoms with van der Waals surface area (Å²) in [6, 6.07) is 5.92. The van der Waals surface area contributed by atoms with E-state index in [-0.39, 0.29) is 42.3 Å². The number of benzene rings is 1. The molecule has 1 aromatic rings. The fourth-order valence-corrected chi connectivity index (χ4v) is 3.76. The van der Waals surface area contributed by atoms with Crippen molar-refractivity contribution in [2.24, 2.45) is 0 Å². The SMILES string of the molecule is Cc1ccc(NC(C)C)c(C(=O)N2C[C@@H]3CCCN3C(=O)[C@@H]2C)c1.Cl. The summed E-state index contributed by atoms with van der Waals surface area (Å²) in [5.74, 6) is 0.0392. The van der Waals surface area contributed by atoms with E-state index >= 15 is 0 Å². The highest BCUT2D eigenvalue weighted by Gasteiger charge is 2.42. The number of aryl methyl sites for hydroxylation is 1. The van der Waals surface area contributed by atoms with Gasteiger partial charge in [-0.05, 0) is 52.7 Å². The van der Waals surface area contributed by atoms with Gasteiger partial charge in [-0.3, -0.25) is 9.59 Å². The third kappa shape index (κ3) is 3.76. The summed E-state index contributed by atoms with van der Waals surface area (Å²) in [6.07, 6.45) is 2.03. The molecule has 138 valence electrons. The number of carbonyl (C=O) groups excluding carboxylic acids is 2. The fourth-order valence-electron chi connectivity index (χ4n) is 3.76. The van der Waals surface area contributed by atoms with Gasteiger partial charge in [-0.1, -0.05) is 11.6 Å². The molecule has 5 nitrogen and oxygen atoms in total. The van der Waals surface area contributed by atoms with Crippen molar-refractivity contribution in [3.05, 3.63) is 29.3 Å². The number of rotatable bonds is 3. The smallest absolute Gasteiger partial charge is 0.256 e. The molecule has 2 aliphatic rings. The maximum absolute atomic E-state index is 13.2. The minimum Gasteiger partial charge on any atom is -0.382 e. The van der Waals surface area contributed by atoms with Gasteiger partial charge in [-0.15, -0.1) is 12.4 Å². The predicted octanol–water partition coefficient (Wildman–Crippen LogP) is 3.07. The lowest BCUT2D eigenvalue weighted by Gasteiger charge is -2.41. The molecule has 6 heteroatoms. The Labute approximate surface area is 156 Å². The van der Waals surface area contributed by atoms with E-state index in [2.05, 4.69) is 19.2 Å².